The van der Waals surface area contributed by atoms with E-state index in [9.17, 15) is 9.59 Å². The number of nitrogens with one attached hydrogen (secondary N) is 2. The molecule has 0 spiro atoms. The molecule has 0 aromatic carbocycles. The van der Waals surface area contributed by atoms with Crippen molar-refractivity contribution in [2.45, 2.75) is 32.9 Å². The molecule has 0 saturated carbocycles. The van der Waals surface area contributed by atoms with E-state index in [1.807, 2.05) is 23.8 Å². The molecule has 0 aliphatic carbocycles. The van der Waals surface area contributed by atoms with E-state index in [-0.39, 0.29) is 11.5 Å². The van der Waals surface area contributed by atoms with Gasteiger partial charge in [-0.15, -0.1) is 0 Å². The first-order chi connectivity index (χ1) is 9.63. The average molecular weight is 294 g/mol. The van der Waals surface area contributed by atoms with Gasteiger partial charge in [0.15, 0.2) is 0 Å². The molecule has 0 aliphatic heterocycles. The Morgan fingerprint density at radius 1 is 1.45 bits per heavy atom. The molecule has 0 radical (unpaired) electrons. The van der Waals surface area contributed by atoms with Gasteiger partial charge in [-0.1, -0.05) is 13.3 Å². The predicted molar refractivity (Wildman–Crippen MR) is 82.3 cm³/mol. The Labute approximate surface area is 120 Å². The van der Waals surface area contributed by atoms with E-state index in [1.165, 1.54) is 4.57 Å². The zero-order chi connectivity index (χ0) is 14.5. The molecule has 0 amide bonds. The number of unbranched alkanes of at least 4 members (excludes halogenated alkanes) is 1. The number of hydrogen-bond acceptors (Lipinski definition) is 5. The van der Waals surface area contributed by atoms with Crippen molar-refractivity contribution >= 4 is 22.8 Å². The van der Waals surface area contributed by atoms with Crippen LogP contribution in [0.1, 0.15) is 25.3 Å². The molecular weight excluding hydrogens is 276 g/mol. The first kappa shape index (κ1) is 14.4. The normalized spacial score (nSPS) is 10.7. The number of rotatable bonds is 6. The van der Waals surface area contributed by atoms with Gasteiger partial charge in [-0.25, -0.2) is 4.79 Å². The molecule has 0 unspecified atom stereocenters. The van der Waals surface area contributed by atoms with Crippen molar-refractivity contribution in [3.63, 3.8) is 0 Å². The molecule has 0 atom stereocenters. The molecule has 6 nitrogen and oxygen atoms in total. The highest BCUT2D eigenvalue weighted by atomic mass is 32.1. The predicted octanol–water partition coefficient (Wildman–Crippen LogP) is 1.59. The summed E-state index contributed by atoms with van der Waals surface area (Å²) in [6.45, 7) is 3.04. The fourth-order valence-electron chi connectivity index (χ4n) is 1.88. The highest BCUT2D eigenvalue weighted by Gasteiger charge is 2.11. The fourth-order valence-corrected chi connectivity index (χ4v) is 2.55. The number of aromatic amines is 1. The maximum atomic E-state index is 11.8. The first-order valence-corrected chi connectivity index (χ1v) is 7.45. The molecule has 0 aliphatic rings. The van der Waals surface area contributed by atoms with Crippen molar-refractivity contribution in [3.05, 3.63) is 43.2 Å². The lowest BCUT2D eigenvalue weighted by molar-refractivity contribution is 0.605. The van der Waals surface area contributed by atoms with Crippen LogP contribution in [0, 0.1) is 0 Å². The molecular formula is C13H18N4O2S. The van der Waals surface area contributed by atoms with E-state index >= 15 is 0 Å². The zero-order valence-electron chi connectivity index (χ0n) is 11.3. The van der Waals surface area contributed by atoms with Crippen LogP contribution in [0.5, 0.6) is 0 Å². The molecule has 20 heavy (non-hydrogen) atoms. The fraction of sp³-hybridized carbons (Fsp3) is 0.385. The second kappa shape index (κ2) is 6.42. The number of hydrogen-bond donors (Lipinski definition) is 3. The Morgan fingerprint density at radius 2 is 2.25 bits per heavy atom. The Hall–Kier alpha value is -2.02. The highest BCUT2D eigenvalue weighted by molar-refractivity contribution is 7.07. The maximum Gasteiger partial charge on any atom is 0.330 e. The zero-order valence-corrected chi connectivity index (χ0v) is 12.1. The molecule has 2 aromatic rings. The monoisotopic (exact) mass is 294 g/mol. The summed E-state index contributed by atoms with van der Waals surface area (Å²) < 4.78 is 1.40. The van der Waals surface area contributed by atoms with Crippen molar-refractivity contribution in [3.8, 4) is 0 Å². The third-order valence-corrected chi connectivity index (χ3v) is 3.76. The second-order valence-electron chi connectivity index (χ2n) is 4.51. The molecule has 4 N–H and O–H groups in total. The van der Waals surface area contributed by atoms with Gasteiger partial charge in [0.05, 0.1) is 0 Å². The van der Waals surface area contributed by atoms with E-state index < -0.39 is 11.2 Å². The number of thiophene rings is 1. The number of H-pyrrole nitrogens is 1. The van der Waals surface area contributed by atoms with Gasteiger partial charge in [-0.2, -0.15) is 11.3 Å². The number of nitrogen functional groups attached to an aromatic ring is 1. The lowest BCUT2D eigenvalue weighted by Gasteiger charge is -2.13. The summed E-state index contributed by atoms with van der Waals surface area (Å²) in [5, 5.41) is 6.96. The average Bonchev–Trinajstić information content (AvgIpc) is 2.91. The van der Waals surface area contributed by atoms with Crippen LogP contribution in [-0.2, 0) is 13.1 Å². The third kappa shape index (κ3) is 3.11. The summed E-state index contributed by atoms with van der Waals surface area (Å²) in [7, 11) is 0. The smallest absolute Gasteiger partial charge is 0.330 e. The lowest BCUT2D eigenvalue weighted by Crippen LogP contribution is -2.34. The Bertz CT molecular complexity index is 673. The van der Waals surface area contributed by atoms with Gasteiger partial charge in [0.1, 0.15) is 11.5 Å². The molecule has 2 rings (SSSR count). The van der Waals surface area contributed by atoms with Gasteiger partial charge < -0.3 is 11.1 Å². The van der Waals surface area contributed by atoms with Crippen molar-refractivity contribution in [2.24, 2.45) is 0 Å². The van der Waals surface area contributed by atoms with Crippen molar-refractivity contribution < 1.29 is 0 Å². The summed E-state index contributed by atoms with van der Waals surface area (Å²) in [4.78, 5) is 25.9. The van der Waals surface area contributed by atoms with Crippen molar-refractivity contribution in [1.82, 2.24) is 9.55 Å². The van der Waals surface area contributed by atoms with Crippen LogP contribution < -0.4 is 22.3 Å². The molecule has 2 aromatic heterocycles. The largest absolute Gasteiger partial charge is 0.383 e. The second-order valence-corrected chi connectivity index (χ2v) is 5.29. The topological polar surface area (TPSA) is 92.9 Å². The van der Waals surface area contributed by atoms with E-state index in [0.717, 1.165) is 18.4 Å². The summed E-state index contributed by atoms with van der Waals surface area (Å²) in [6, 6.07) is 1.97. The van der Waals surface area contributed by atoms with Crippen LogP contribution in [0.3, 0.4) is 0 Å². The number of nitrogens with two attached hydrogens (primary N) is 1. The van der Waals surface area contributed by atoms with Gasteiger partial charge >= 0.3 is 5.69 Å². The molecule has 2 heterocycles. The highest BCUT2D eigenvalue weighted by Crippen LogP contribution is 2.13. The van der Waals surface area contributed by atoms with Crippen LogP contribution in [0.2, 0.25) is 0 Å². The minimum absolute atomic E-state index is 0.197. The van der Waals surface area contributed by atoms with E-state index in [4.69, 9.17) is 5.73 Å². The van der Waals surface area contributed by atoms with E-state index in [1.54, 1.807) is 11.3 Å². The van der Waals surface area contributed by atoms with Crippen LogP contribution >= 0.6 is 11.3 Å². The summed E-state index contributed by atoms with van der Waals surface area (Å²) in [5.74, 6) is 0.197. The molecule has 0 bridgehead atoms. The Balaban J connectivity index is 2.27. The van der Waals surface area contributed by atoms with E-state index in [0.29, 0.717) is 13.1 Å². The van der Waals surface area contributed by atoms with Crippen molar-refractivity contribution in [1.29, 1.82) is 0 Å². The van der Waals surface area contributed by atoms with Gasteiger partial charge in [-0.05, 0) is 28.8 Å². The minimum atomic E-state index is -0.476. The van der Waals surface area contributed by atoms with Crippen LogP contribution in [0.15, 0.2) is 26.4 Å². The summed E-state index contributed by atoms with van der Waals surface area (Å²) in [5.41, 5.74) is 6.34. The number of aromatic nitrogens is 2. The number of anilines is 2. The minimum Gasteiger partial charge on any atom is -0.383 e. The quantitative estimate of drug-likeness (QED) is 0.754. The molecule has 0 fully saturated rings. The van der Waals surface area contributed by atoms with Gasteiger partial charge in [-0.3, -0.25) is 14.3 Å². The Kier molecular flexibility index (Phi) is 4.62. The lowest BCUT2D eigenvalue weighted by atomic mass is 10.3. The molecule has 0 saturated heterocycles. The SMILES string of the molecule is CCCCn1c(N)c(NCc2ccsc2)c(=O)[nH]c1=O. The summed E-state index contributed by atoms with van der Waals surface area (Å²) >= 11 is 1.59. The molecule has 108 valence electrons. The van der Waals surface area contributed by atoms with Gasteiger partial charge in [0, 0.05) is 13.1 Å². The van der Waals surface area contributed by atoms with Crippen LogP contribution in [0.25, 0.3) is 0 Å². The summed E-state index contributed by atoms with van der Waals surface area (Å²) in [6.07, 6.45) is 1.78. The Morgan fingerprint density at radius 3 is 2.90 bits per heavy atom. The van der Waals surface area contributed by atoms with Gasteiger partial charge in [0.25, 0.3) is 5.56 Å². The number of nitrogens with zero attached hydrogens (tertiary/aromatic N) is 1. The maximum absolute atomic E-state index is 11.8. The third-order valence-electron chi connectivity index (χ3n) is 3.02. The molecule has 7 heteroatoms. The van der Waals surface area contributed by atoms with Crippen molar-refractivity contribution in [2.75, 3.05) is 11.1 Å². The first-order valence-electron chi connectivity index (χ1n) is 6.51. The van der Waals surface area contributed by atoms with E-state index in [2.05, 4.69) is 10.3 Å². The van der Waals surface area contributed by atoms with Crippen LogP contribution in [0.4, 0.5) is 11.5 Å². The van der Waals surface area contributed by atoms with Crippen LogP contribution in [-0.4, -0.2) is 9.55 Å². The standard InChI is InChI=1S/C13H18N4O2S/c1-2-3-5-17-11(14)10(12(18)16-13(17)19)15-7-9-4-6-20-8-9/h4,6,8,15H,2-3,5,7,14H2,1H3,(H,16,18,19). The van der Waals surface area contributed by atoms with Gasteiger partial charge in [0.2, 0.25) is 0 Å².